The SMILES string of the molecule is CC.Nc1cc(N)cc(COC(=O)C2=CC=CNC2)c1. The molecule has 1 aliphatic rings. The molecule has 0 radical (unpaired) electrons. The summed E-state index contributed by atoms with van der Waals surface area (Å²) in [5, 5.41) is 2.94. The van der Waals surface area contributed by atoms with E-state index in [0.717, 1.165) is 5.56 Å². The predicted molar refractivity (Wildman–Crippen MR) is 81.6 cm³/mol. The third-order valence-electron chi connectivity index (χ3n) is 2.47. The summed E-state index contributed by atoms with van der Waals surface area (Å²) in [6, 6.07) is 5.12. The first-order chi connectivity index (χ1) is 9.65. The lowest BCUT2D eigenvalue weighted by Gasteiger charge is -2.11. The predicted octanol–water partition coefficient (Wildman–Crippen LogP) is 1.96. The summed E-state index contributed by atoms with van der Waals surface area (Å²) >= 11 is 0. The standard InChI is InChI=1S/C13H15N3O2.C2H6/c14-11-4-9(5-12(15)6-11)8-18-13(17)10-2-1-3-16-7-10;1-2/h1-6,16H,7-8,14-15H2;1-2H3. The minimum absolute atomic E-state index is 0.162. The van der Waals surface area contributed by atoms with Crippen molar-refractivity contribution in [3.63, 3.8) is 0 Å². The van der Waals surface area contributed by atoms with Gasteiger partial charge in [0, 0.05) is 17.9 Å². The molecule has 0 unspecified atom stereocenters. The number of hydrogen-bond donors (Lipinski definition) is 3. The monoisotopic (exact) mass is 275 g/mol. The lowest BCUT2D eigenvalue weighted by Crippen LogP contribution is -2.20. The first kappa shape index (κ1) is 15.6. The molecule has 0 amide bonds. The minimum atomic E-state index is -0.340. The molecule has 0 spiro atoms. The van der Waals surface area contributed by atoms with Gasteiger partial charge in [0.1, 0.15) is 6.61 Å². The van der Waals surface area contributed by atoms with Gasteiger partial charge in [-0.05, 0) is 42.1 Å². The first-order valence-corrected chi connectivity index (χ1v) is 6.56. The van der Waals surface area contributed by atoms with Crippen molar-refractivity contribution >= 4 is 17.3 Å². The van der Waals surface area contributed by atoms with E-state index in [9.17, 15) is 4.79 Å². The van der Waals surface area contributed by atoms with Crippen LogP contribution in [-0.4, -0.2) is 12.5 Å². The molecule has 5 heteroatoms. The van der Waals surface area contributed by atoms with Gasteiger partial charge in [-0.2, -0.15) is 0 Å². The summed E-state index contributed by atoms with van der Waals surface area (Å²) in [6.45, 7) is 4.64. The number of nitrogens with one attached hydrogen (secondary N) is 1. The zero-order valence-electron chi connectivity index (χ0n) is 11.8. The van der Waals surface area contributed by atoms with Gasteiger partial charge in [-0.3, -0.25) is 0 Å². The highest BCUT2D eigenvalue weighted by Crippen LogP contribution is 2.15. The van der Waals surface area contributed by atoms with Crippen molar-refractivity contribution < 1.29 is 9.53 Å². The number of allylic oxidation sites excluding steroid dienone is 2. The number of esters is 1. The summed E-state index contributed by atoms with van der Waals surface area (Å²) in [5.74, 6) is -0.340. The van der Waals surface area contributed by atoms with Crippen LogP contribution < -0.4 is 16.8 Å². The Morgan fingerprint density at radius 3 is 2.45 bits per heavy atom. The molecule has 108 valence electrons. The quantitative estimate of drug-likeness (QED) is 0.579. The lowest BCUT2D eigenvalue weighted by molar-refractivity contribution is -0.140. The van der Waals surface area contributed by atoms with E-state index in [1.165, 1.54) is 0 Å². The second-order valence-corrected chi connectivity index (χ2v) is 4.02. The van der Waals surface area contributed by atoms with Gasteiger partial charge in [-0.15, -0.1) is 0 Å². The Bertz CT molecular complexity index is 502. The fourth-order valence-corrected chi connectivity index (χ4v) is 1.67. The Morgan fingerprint density at radius 1 is 1.25 bits per heavy atom. The third kappa shape index (κ3) is 4.68. The van der Waals surface area contributed by atoms with Gasteiger partial charge >= 0.3 is 5.97 Å². The van der Waals surface area contributed by atoms with Crippen LogP contribution in [0.1, 0.15) is 19.4 Å². The highest BCUT2D eigenvalue weighted by Gasteiger charge is 2.11. The number of rotatable bonds is 3. The van der Waals surface area contributed by atoms with Crippen LogP contribution >= 0.6 is 0 Å². The van der Waals surface area contributed by atoms with Gasteiger partial charge in [0.25, 0.3) is 0 Å². The van der Waals surface area contributed by atoms with E-state index in [0.29, 0.717) is 23.5 Å². The molecule has 1 aromatic rings. The van der Waals surface area contributed by atoms with E-state index in [-0.39, 0.29) is 12.6 Å². The molecule has 0 aliphatic carbocycles. The number of nitrogen functional groups attached to an aromatic ring is 2. The molecule has 1 aliphatic heterocycles. The van der Waals surface area contributed by atoms with Crippen LogP contribution in [-0.2, 0) is 16.1 Å². The van der Waals surface area contributed by atoms with Crippen LogP contribution in [0, 0.1) is 0 Å². The van der Waals surface area contributed by atoms with Crippen LogP contribution in [0.3, 0.4) is 0 Å². The molecular weight excluding hydrogens is 254 g/mol. The van der Waals surface area contributed by atoms with Gasteiger partial charge in [-0.25, -0.2) is 4.79 Å². The van der Waals surface area contributed by atoms with Crippen LogP contribution in [0.5, 0.6) is 0 Å². The van der Waals surface area contributed by atoms with Crippen LogP contribution in [0.4, 0.5) is 11.4 Å². The van der Waals surface area contributed by atoms with E-state index in [1.54, 1.807) is 36.6 Å². The average molecular weight is 275 g/mol. The number of nitrogens with two attached hydrogens (primary N) is 2. The zero-order chi connectivity index (χ0) is 15.0. The first-order valence-electron chi connectivity index (χ1n) is 6.56. The molecule has 0 fully saturated rings. The second-order valence-electron chi connectivity index (χ2n) is 4.02. The molecule has 1 heterocycles. The molecule has 0 saturated heterocycles. The Labute approximate surface area is 119 Å². The molecule has 20 heavy (non-hydrogen) atoms. The van der Waals surface area contributed by atoms with Crippen molar-refractivity contribution in [2.75, 3.05) is 18.0 Å². The zero-order valence-corrected chi connectivity index (χ0v) is 11.8. The normalized spacial score (nSPS) is 12.6. The van der Waals surface area contributed by atoms with Crippen LogP contribution in [0.25, 0.3) is 0 Å². The second kappa shape index (κ2) is 7.89. The van der Waals surface area contributed by atoms with Crippen molar-refractivity contribution in [3.8, 4) is 0 Å². The third-order valence-corrected chi connectivity index (χ3v) is 2.47. The Kier molecular flexibility index (Phi) is 6.16. The Hall–Kier alpha value is -2.43. The molecule has 0 atom stereocenters. The maximum absolute atomic E-state index is 11.7. The molecule has 5 N–H and O–H groups in total. The summed E-state index contributed by atoms with van der Waals surface area (Å²) < 4.78 is 5.19. The molecule has 0 bridgehead atoms. The van der Waals surface area contributed by atoms with Crippen molar-refractivity contribution in [2.45, 2.75) is 20.5 Å². The van der Waals surface area contributed by atoms with Gasteiger partial charge in [-0.1, -0.05) is 13.8 Å². The van der Waals surface area contributed by atoms with E-state index in [2.05, 4.69) is 5.32 Å². The highest BCUT2D eigenvalue weighted by atomic mass is 16.5. The van der Waals surface area contributed by atoms with Crippen molar-refractivity contribution in [3.05, 3.63) is 47.7 Å². The number of carbonyl (C=O) groups excluding carboxylic acids is 1. The summed E-state index contributed by atoms with van der Waals surface area (Å²) in [6.07, 6.45) is 5.26. The van der Waals surface area contributed by atoms with E-state index < -0.39 is 0 Å². The van der Waals surface area contributed by atoms with Crippen molar-refractivity contribution in [1.82, 2.24) is 5.32 Å². The summed E-state index contributed by atoms with van der Waals surface area (Å²) in [7, 11) is 0. The van der Waals surface area contributed by atoms with Gasteiger partial charge in [0.15, 0.2) is 0 Å². The largest absolute Gasteiger partial charge is 0.457 e. The van der Waals surface area contributed by atoms with Gasteiger partial charge < -0.3 is 21.5 Å². The number of dihydropyridines is 1. The van der Waals surface area contributed by atoms with E-state index in [4.69, 9.17) is 16.2 Å². The fourth-order valence-electron chi connectivity index (χ4n) is 1.67. The molecule has 1 aromatic carbocycles. The number of carbonyl (C=O) groups is 1. The highest BCUT2D eigenvalue weighted by molar-refractivity contribution is 5.89. The number of benzene rings is 1. The van der Waals surface area contributed by atoms with Crippen LogP contribution in [0.2, 0.25) is 0 Å². The Morgan fingerprint density at radius 2 is 1.90 bits per heavy atom. The Balaban J connectivity index is 0.000000956. The minimum Gasteiger partial charge on any atom is -0.457 e. The topological polar surface area (TPSA) is 90.4 Å². The molecule has 5 nitrogen and oxygen atoms in total. The molecule has 0 aromatic heterocycles. The summed E-state index contributed by atoms with van der Waals surface area (Å²) in [5.41, 5.74) is 13.8. The number of anilines is 2. The smallest absolute Gasteiger partial charge is 0.336 e. The number of ether oxygens (including phenoxy) is 1. The summed E-state index contributed by atoms with van der Waals surface area (Å²) in [4.78, 5) is 11.7. The molecular formula is C15H21N3O2. The van der Waals surface area contributed by atoms with Crippen molar-refractivity contribution in [2.24, 2.45) is 0 Å². The van der Waals surface area contributed by atoms with E-state index >= 15 is 0 Å². The van der Waals surface area contributed by atoms with Crippen molar-refractivity contribution in [1.29, 1.82) is 0 Å². The number of hydrogen-bond acceptors (Lipinski definition) is 5. The van der Waals surface area contributed by atoms with Gasteiger partial charge in [0.05, 0.1) is 5.57 Å². The van der Waals surface area contributed by atoms with Gasteiger partial charge in [0.2, 0.25) is 0 Å². The maximum Gasteiger partial charge on any atom is 0.336 e. The maximum atomic E-state index is 11.7. The molecule has 0 saturated carbocycles. The molecule has 2 rings (SSSR count). The average Bonchev–Trinajstić information content (AvgIpc) is 2.47. The van der Waals surface area contributed by atoms with E-state index in [1.807, 2.05) is 13.8 Å². The van der Waals surface area contributed by atoms with Crippen LogP contribution in [0.15, 0.2) is 42.1 Å². The lowest BCUT2D eigenvalue weighted by atomic mass is 10.2. The fraction of sp³-hybridized carbons (Fsp3) is 0.267.